The Hall–Kier alpha value is -1.84. The average molecular weight is 495 g/mol. The van der Waals surface area contributed by atoms with Gasteiger partial charge in [-0.3, -0.25) is 4.79 Å². The maximum atomic E-state index is 13.6. The summed E-state index contributed by atoms with van der Waals surface area (Å²) in [6, 6.07) is 0. The molecular formula is C14H12F15NO. The van der Waals surface area contributed by atoms with Crippen LogP contribution in [0.5, 0.6) is 0 Å². The second-order valence-electron chi connectivity index (χ2n) is 6.23. The van der Waals surface area contributed by atoms with E-state index < -0.39 is 65.3 Å². The van der Waals surface area contributed by atoms with Gasteiger partial charge in [-0.1, -0.05) is 0 Å². The molecule has 0 aromatic rings. The van der Waals surface area contributed by atoms with Gasteiger partial charge in [0.05, 0.1) is 6.54 Å². The minimum atomic E-state index is -8.31. The van der Waals surface area contributed by atoms with Crippen molar-refractivity contribution in [3.05, 3.63) is 11.3 Å². The summed E-state index contributed by atoms with van der Waals surface area (Å²) < 4.78 is 195. The maximum Gasteiger partial charge on any atom is 0.460 e. The minimum Gasteiger partial charge on any atom is -0.382 e. The van der Waals surface area contributed by atoms with E-state index in [4.69, 9.17) is 0 Å². The van der Waals surface area contributed by atoms with E-state index in [9.17, 15) is 70.7 Å². The quantitative estimate of drug-likeness (QED) is 0.322. The Kier molecular flexibility index (Phi) is 7.47. The van der Waals surface area contributed by atoms with Crippen LogP contribution >= 0.6 is 0 Å². The summed E-state index contributed by atoms with van der Waals surface area (Å²) in [6.45, 7) is -0.201. The summed E-state index contributed by atoms with van der Waals surface area (Å²) in [6.07, 6.45) is -7.64. The van der Waals surface area contributed by atoms with Crippen molar-refractivity contribution in [2.24, 2.45) is 0 Å². The normalized spacial score (nSPS) is 16.2. The van der Waals surface area contributed by atoms with E-state index in [0.717, 1.165) is 20.8 Å². The fourth-order valence-corrected chi connectivity index (χ4v) is 1.75. The third kappa shape index (κ3) is 4.40. The highest BCUT2D eigenvalue weighted by molar-refractivity contribution is 5.93. The fraction of sp³-hybridized carbons (Fsp3) is 0.786. The smallest absolute Gasteiger partial charge is 0.382 e. The summed E-state index contributed by atoms with van der Waals surface area (Å²) >= 11 is 0. The first-order valence-corrected chi connectivity index (χ1v) is 7.50. The molecular weight excluding hydrogens is 483 g/mol. The molecule has 17 heteroatoms. The third-order valence-corrected chi connectivity index (χ3v) is 4.06. The molecule has 1 N–H and O–H groups in total. The van der Waals surface area contributed by atoms with Gasteiger partial charge < -0.3 is 5.32 Å². The van der Waals surface area contributed by atoms with E-state index in [1.54, 1.807) is 0 Å². The maximum absolute atomic E-state index is 13.6. The molecule has 0 saturated heterocycles. The van der Waals surface area contributed by atoms with Gasteiger partial charge in [0.2, 0.25) is 0 Å². The first kappa shape index (κ1) is 29.2. The number of nitrogens with one attached hydrogen (secondary N) is 1. The van der Waals surface area contributed by atoms with E-state index in [1.165, 1.54) is 5.32 Å². The van der Waals surface area contributed by atoms with Crippen LogP contribution in [0.2, 0.25) is 0 Å². The van der Waals surface area contributed by atoms with Crippen molar-refractivity contribution in [3.63, 3.8) is 0 Å². The van der Waals surface area contributed by atoms with E-state index in [2.05, 4.69) is 0 Å². The predicted molar refractivity (Wildman–Crippen MR) is 72.8 cm³/mol. The number of halogens is 15. The number of carbonyl (C=O) groups excluding carboxylic acids is 1. The number of carbonyl (C=O) groups is 1. The van der Waals surface area contributed by atoms with E-state index in [-0.39, 0.29) is 0 Å². The van der Waals surface area contributed by atoms with Crippen LogP contribution in [0.3, 0.4) is 0 Å². The Bertz CT molecular complexity index is 720. The molecule has 0 aliphatic carbocycles. The Morgan fingerprint density at radius 3 is 1.23 bits per heavy atom. The lowest BCUT2D eigenvalue weighted by Gasteiger charge is -2.41. The first-order valence-electron chi connectivity index (χ1n) is 7.50. The molecule has 0 rings (SSSR count). The van der Waals surface area contributed by atoms with Crippen LogP contribution in [-0.4, -0.2) is 54.0 Å². The molecule has 0 aromatic carbocycles. The van der Waals surface area contributed by atoms with Crippen molar-refractivity contribution in [1.82, 2.24) is 5.32 Å². The number of rotatable bonds is 9. The molecule has 0 unspecified atom stereocenters. The van der Waals surface area contributed by atoms with Crippen LogP contribution in [0.1, 0.15) is 20.8 Å². The minimum absolute atomic E-state index is 0.437. The number of ketones is 1. The largest absolute Gasteiger partial charge is 0.460 e. The predicted octanol–water partition coefficient (Wildman–Crippen LogP) is 5.83. The molecule has 0 aliphatic rings. The number of Topliss-reactive ketones (excluding diaryl/α,β-unsaturated/α-hetero) is 1. The molecule has 0 aliphatic heterocycles. The Morgan fingerprint density at radius 2 is 0.903 bits per heavy atom. The fourth-order valence-electron chi connectivity index (χ4n) is 1.75. The van der Waals surface area contributed by atoms with Gasteiger partial charge in [0.25, 0.3) is 0 Å². The summed E-state index contributed by atoms with van der Waals surface area (Å²) in [5, 5.41) is 1.26. The van der Waals surface area contributed by atoms with Gasteiger partial charge in [-0.15, -0.1) is 0 Å². The summed E-state index contributed by atoms with van der Waals surface area (Å²) in [7, 11) is 0. The summed E-state index contributed by atoms with van der Waals surface area (Å²) in [4.78, 5) is 11.0. The summed E-state index contributed by atoms with van der Waals surface area (Å²) in [5.74, 6) is -47.5. The number of allylic oxidation sites excluding steroid dienone is 2. The molecule has 0 fully saturated rings. The third-order valence-electron chi connectivity index (χ3n) is 4.06. The van der Waals surface area contributed by atoms with E-state index in [0.29, 0.717) is 0 Å². The molecule has 0 spiro atoms. The van der Waals surface area contributed by atoms with Crippen LogP contribution in [0.15, 0.2) is 11.3 Å². The molecule has 2 nitrogen and oxygen atoms in total. The van der Waals surface area contributed by atoms with Gasteiger partial charge in [-0.05, 0) is 20.8 Å². The topological polar surface area (TPSA) is 29.1 Å². The number of hydrogen-bond donors (Lipinski definition) is 1. The Labute approximate surface area is 163 Å². The zero-order valence-corrected chi connectivity index (χ0v) is 15.3. The lowest BCUT2D eigenvalue weighted by Crippen LogP contribution is -2.73. The van der Waals surface area contributed by atoms with Crippen LogP contribution in [0.4, 0.5) is 65.9 Å². The zero-order chi connectivity index (χ0) is 25.6. The highest BCUT2D eigenvalue weighted by Crippen LogP contribution is 2.62. The van der Waals surface area contributed by atoms with Gasteiger partial charge in [-0.2, -0.15) is 65.9 Å². The Morgan fingerprint density at radius 1 is 0.581 bits per heavy atom. The van der Waals surface area contributed by atoms with Gasteiger partial charge >= 0.3 is 41.7 Å². The molecule has 0 aromatic heterocycles. The SMILES string of the molecule is CC(=O)C(C)=C(C)NCC(F)(F)C(F)(F)C(F)(F)C(F)(F)C(F)(F)C(F)(F)C(F)(F)F. The average Bonchev–Trinajstić information content (AvgIpc) is 2.56. The Balaban J connectivity index is 6.32. The van der Waals surface area contributed by atoms with Crippen molar-refractivity contribution >= 4 is 5.78 Å². The van der Waals surface area contributed by atoms with Crippen molar-refractivity contribution < 1.29 is 70.7 Å². The lowest BCUT2D eigenvalue weighted by molar-refractivity contribution is -0.451. The molecule has 184 valence electrons. The van der Waals surface area contributed by atoms with E-state index in [1.807, 2.05) is 0 Å². The number of alkyl halides is 15. The standard InChI is InChI=1S/C14H12F15NO/c1-5(7(3)31)6(2)30-4-8(15,16)9(17,18)10(19,20)11(21,22)12(23,24)13(25,26)14(27,28)29/h30H,4H2,1-3H3. The van der Waals surface area contributed by atoms with Crippen molar-refractivity contribution in [2.45, 2.75) is 62.5 Å². The van der Waals surface area contributed by atoms with Crippen LogP contribution in [0, 0.1) is 0 Å². The highest BCUT2D eigenvalue weighted by Gasteiger charge is 2.93. The molecule has 0 heterocycles. The zero-order valence-electron chi connectivity index (χ0n) is 15.3. The lowest BCUT2D eigenvalue weighted by atomic mass is 9.91. The number of hydrogen-bond acceptors (Lipinski definition) is 2. The van der Waals surface area contributed by atoms with Gasteiger partial charge in [-0.25, -0.2) is 0 Å². The van der Waals surface area contributed by atoms with Crippen molar-refractivity contribution in [1.29, 1.82) is 0 Å². The van der Waals surface area contributed by atoms with Gasteiger partial charge in [0.15, 0.2) is 5.78 Å². The van der Waals surface area contributed by atoms with Crippen molar-refractivity contribution in [2.75, 3.05) is 6.54 Å². The molecule has 0 bridgehead atoms. The molecule has 0 atom stereocenters. The van der Waals surface area contributed by atoms with Crippen LogP contribution < -0.4 is 5.32 Å². The molecule has 0 amide bonds. The van der Waals surface area contributed by atoms with Gasteiger partial charge in [0, 0.05) is 11.3 Å². The monoisotopic (exact) mass is 495 g/mol. The highest BCUT2D eigenvalue weighted by atomic mass is 19.4. The second-order valence-corrected chi connectivity index (χ2v) is 6.23. The molecule has 0 radical (unpaired) electrons. The van der Waals surface area contributed by atoms with Crippen LogP contribution in [0.25, 0.3) is 0 Å². The summed E-state index contributed by atoms with van der Waals surface area (Å²) in [5.41, 5.74) is -1.11. The van der Waals surface area contributed by atoms with Crippen molar-refractivity contribution in [3.8, 4) is 0 Å². The molecule has 0 saturated carbocycles. The van der Waals surface area contributed by atoms with Gasteiger partial charge in [0.1, 0.15) is 0 Å². The first-order chi connectivity index (χ1) is 13.2. The second kappa shape index (κ2) is 7.94. The van der Waals surface area contributed by atoms with Crippen LogP contribution in [-0.2, 0) is 4.79 Å². The van der Waals surface area contributed by atoms with E-state index >= 15 is 0 Å². The molecule has 31 heavy (non-hydrogen) atoms.